The molecule has 0 aliphatic carbocycles. The van der Waals surface area contributed by atoms with Gasteiger partial charge in [-0.1, -0.05) is 29.5 Å². The van der Waals surface area contributed by atoms with Crippen LogP contribution in [0.5, 0.6) is 0 Å². The Hall–Kier alpha value is -3.33. The van der Waals surface area contributed by atoms with Crippen LogP contribution < -0.4 is 4.80 Å². The Labute approximate surface area is 163 Å². The number of non-ortho nitro benzene ring substituents is 1. The van der Waals surface area contributed by atoms with Gasteiger partial charge in [0.25, 0.3) is 11.6 Å². The lowest BCUT2D eigenvalue weighted by Crippen LogP contribution is -2.23. The molecule has 9 heteroatoms. The maximum atomic E-state index is 12.7. The van der Waals surface area contributed by atoms with Crippen LogP contribution in [0.2, 0.25) is 0 Å². The summed E-state index contributed by atoms with van der Waals surface area (Å²) in [5.74, 6) is -0.929. The molecule has 0 aliphatic heterocycles. The molecule has 0 unspecified atom stereocenters. The second-order valence-electron chi connectivity index (χ2n) is 5.92. The highest BCUT2D eigenvalue weighted by molar-refractivity contribution is 7.16. The van der Waals surface area contributed by atoms with Crippen molar-refractivity contribution >= 4 is 39.1 Å². The van der Waals surface area contributed by atoms with Crippen molar-refractivity contribution in [3.63, 3.8) is 0 Å². The SMILES string of the molecule is CCOC(=O)Cn1c(=NC(=O)c2ccccc2C)sc2cc([N+](=O)[O-])ccc21. The Morgan fingerprint density at radius 2 is 2.00 bits per heavy atom. The van der Waals surface area contributed by atoms with Gasteiger partial charge in [-0.25, -0.2) is 0 Å². The highest BCUT2D eigenvalue weighted by Gasteiger charge is 2.16. The van der Waals surface area contributed by atoms with E-state index < -0.39 is 16.8 Å². The molecule has 2 aromatic carbocycles. The van der Waals surface area contributed by atoms with E-state index in [1.165, 1.54) is 16.7 Å². The van der Waals surface area contributed by atoms with Crippen molar-refractivity contribution in [2.45, 2.75) is 20.4 Å². The molecule has 3 rings (SSSR count). The Balaban J connectivity index is 2.16. The number of benzene rings is 2. The molecule has 0 saturated carbocycles. The van der Waals surface area contributed by atoms with Gasteiger partial charge in [0.05, 0.1) is 21.7 Å². The third-order valence-corrected chi connectivity index (χ3v) is 5.08. The molecule has 0 aliphatic rings. The molecule has 1 amide bonds. The maximum Gasteiger partial charge on any atom is 0.326 e. The number of aryl methyl sites for hydroxylation is 1. The highest BCUT2D eigenvalue weighted by Crippen LogP contribution is 2.23. The Bertz CT molecular complexity index is 1150. The molecule has 0 N–H and O–H groups in total. The standard InChI is InChI=1S/C19H17N3O5S/c1-3-27-17(23)11-21-15-9-8-13(22(25)26)10-16(15)28-19(21)20-18(24)14-7-5-4-6-12(14)2/h4-10H,3,11H2,1-2H3. The second-order valence-corrected chi connectivity index (χ2v) is 6.93. The lowest BCUT2D eigenvalue weighted by molar-refractivity contribution is -0.384. The van der Waals surface area contributed by atoms with Crippen LogP contribution >= 0.6 is 11.3 Å². The highest BCUT2D eigenvalue weighted by atomic mass is 32.1. The number of rotatable bonds is 5. The molecular formula is C19H17N3O5S. The average molecular weight is 399 g/mol. The minimum Gasteiger partial charge on any atom is -0.465 e. The van der Waals surface area contributed by atoms with Crippen molar-refractivity contribution < 1.29 is 19.2 Å². The number of amides is 1. The molecule has 0 bridgehead atoms. The van der Waals surface area contributed by atoms with Gasteiger partial charge in [-0.2, -0.15) is 4.99 Å². The number of aromatic nitrogens is 1. The van der Waals surface area contributed by atoms with Gasteiger partial charge in [0.1, 0.15) is 6.54 Å². The Morgan fingerprint density at radius 3 is 2.68 bits per heavy atom. The quantitative estimate of drug-likeness (QED) is 0.372. The van der Waals surface area contributed by atoms with Crippen molar-refractivity contribution in [2.24, 2.45) is 4.99 Å². The van der Waals surface area contributed by atoms with Crippen molar-refractivity contribution in [2.75, 3.05) is 6.61 Å². The summed E-state index contributed by atoms with van der Waals surface area (Å²) in [7, 11) is 0. The first-order valence-corrected chi connectivity index (χ1v) is 9.30. The largest absolute Gasteiger partial charge is 0.465 e. The molecule has 3 aromatic rings. The molecule has 1 aromatic heterocycles. The van der Waals surface area contributed by atoms with Crippen LogP contribution in [0.15, 0.2) is 47.5 Å². The van der Waals surface area contributed by atoms with Crippen LogP contribution in [0.3, 0.4) is 0 Å². The summed E-state index contributed by atoms with van der Waals surface area (Å²) in [6.45, 7) is 3.58. The fourth-order valence-corrected chi connectivity index (χ4v) is 3.77. The number of carbonyl (C=O) groups excluding carboxylic acids is 2. The summed E-state index contributed by atoms with van der Waals surface area (Å²) in [6.07, 6.45) is 0. The first kappa shape index (κ1) is 19.4. The Kier molecular flexibility index (Phi) is 5.65. The molecule has 0 atom stereocenters. The van der Waals surface area contributed by atoms with E-state index in [0.717, 1.165) is 16.9 Å². The fourth-order valence-electron chi connectivity index (χ4n) is 2.71. The van der Waals surface area contributed by atoms with Gasteiger partial charge < -0.3 is 9.30 Å². The van der Waals surface area contributed by atoms with Crippen LogP contribution in [0, 0.1) is 17.0 Å². The number of hydrogen-bond donors (Lipinski definition) is 0. The monoisotopic (exact) mass is 399 g/mol. The number of esters is 1. The number of nitro benzene ring substituents is 1. The zero-order valence-corrected chi connectivity index (χ0v) is 16.1. The number of nitrogens with zero attached hydrogens (tertiary/aromatic N) is 3. The van der Waals surface area contributed by atoms with Crippen molar-refractivity contribution in [1.29, 1.82) is 0 Å². The number of ether oxygens (including phenoxy) is 1. The summed E-state index contributed by atoms with van der Waals surface area (Å²) in [4.78, 5) is 39.7. The van der Waals surface area contributed by atoms with E-state index in [0.29, 0.717) is 15.8 Å². The maximum absolute atomic E-state index is 12.7. The zero-order valence-electron chi connectivity index (χ0n) is 15.2. The molecule has 144 valence electrons. The summed E-state index contributed by atoms with van der Waals surface area (Å²) in [5.41, 5.74) is 1.73. The molecular weight excluding hydrogens is 382 g/mol. The van der Waals surface area contributed by atoms with Gasteiger partial charge in [-0.15, -0.1) is 0 Å². The lowest BCUT2D eigenvalue weighted by Gasteiger charge is -2.05. The summed E-state index contributed by atoms with van der Waals surface area (Å²) >= 11 is 1.11. The third-order valence-electron chi connectivity index (χ3n) is 4.04. The number of thiazole rings is 1. The van der Waals surface area contributed by atoms with E-state index in [-0.39, 0.29) is 23.6 Å². The van der Waals surface area contributed by atoms with E-state index in [1.54, 1.807) is 25.1 Å². The van der Waals surface area contributed by atoms with Gasteiger partial charge in [0, 0.05) is 17.7 Å². The predicted octanol–water partition coefficient (Wildman–Crippen LogP) is 3.22. The van der Waals surface area contributed by atoms with Crippen molar-refractivity contribution in [3.8, 4) is 0 Å². The van der Waals surface area contributed by atoms with Crippen LogP contribution in [0.4, 0.5) is 5.69 Å². The lowest BCUT2D eigenvalue weighted by atomic mass is 10.1. The van der Waals surface area contributed by atoms with Gasteiger partial charge >= 0.3 is 5.97 Å². The van der Waals surface area contributed by atoms with Crippen molar-refractivity contribution in [3.05, 3.63) is 68.5 Å². The van der Waals surface area contributed by atoms with E-state index in [2.05, 4.69) is 4.99 Å². The van der Waals surface area contributed by atoms with E-state index >= 15 is 0 Å². The van der Waals surface area contributed by atoms with Gasteiger partial charge in [0.15, 0.2) is 4.80 Å². The number of hydrogen-bond acceptors (Lipinski definition) is 6. The van der Waals surface area contributed by atoms with Gasteiger partial charge in [-0.05, 0) is 31.5 Å². The Morgan fingerprint density at radius 1 is 1.25 bits per heavy atom. The molecule has 0 saturated heterocycles. The zero-order chi connectivity index (χ0) is 20.3. The predicted molar refractivity (Wildman–Crippen MR) is 104 cm³/mol. The molecule has 8 nitrogen and oxygen atoms in total. The average Bonchev–Trinajstić information content (AvgIpc) is 2.98. The molecule has 0 radical (unpaired) electrons. The van der Waals surface area contributed by atoms with Crippen LogP contribution in [0.25, 0.3) is 10.2 Å². The minimum absolute atomic E-state index is 0.0752. The summed E-state index contributed by atoms with van der Waals surface area (Å²) in [5, 5.41) is 11.1. The number of carbonyl (C=O) groups is 2. The van der Waals surface area contributed by atoms with Crippen LogP contribution in [-0.2, 0) is 16.1 Å². The minimum atomic E-state index is -0.496. The second kappa shape index (κ2) is 8.13. The number of nitro groups is 1. The van der Waals surface area contributed by atoms with E-state index in [1.807, 2.05) is 19.1 Å². The molecule has 28 heavy (non-hydrogen) atoms. The van der Waals surface area contributed by atoms with Gasteiger partial charge in [0.2, 0.25) is 0 Å². The van der Waals surface area contributed by atoms with Crippen LogP contribution in [0.1, 0.15) is 22.8 Å². The van der Waals surface area contributed by atoms with Crippen molar-refractivity contribution in [1.82, 2.24) is 4.57 Å². The topological polar surface area (TPSA) is 104 Å². The van der Waals surface area contributed by atoms with E-state index in [9.17, 15) is 19.7 Å². The molecule has 1 heterocycles. The molecule has 0 fully saturated rings. The number of fused-ring (bicyclic) bond motifs is 1. The molecule has 0 spiro atoms. The van der Waals surface area contributed by atoms with Gasteiger partial charge in [-0.3, -0.25) is 19.7 Å². The smallest absolute Gasteiger partial charge is 0.326 e. The fraction of sp³-hybridized carbons (Fsp3) is 0.211. The van der Waals surface area contributed by atoms with E-state index in [4.69, 9.17) is 4.74 Å². The summed E-state index contributed by atoms with van der Waals surface area (Å²) in [6, 6.07) is 11.4. The summed E-state index contributed by atoms with van der Waals surface area (Å²) < 4.78 is 7.09. The first-order chi connectivity index (χ1) is 13.4. The normalized spacial score (nSPS) is 11.6. The first-order valence-electron chi connectivity index (χ1n) is 8.48. The van der Waals surface area contributed by atoms with Crippen LogP contribution in [-0.4, -0.2) is 28.0 Å². The third kappa shape index (κ3) is 3.99.